The Morgan fingerprint density at radius 3 is 2.92 bits per heavy atom. The Hall–Kier alpha value is -1.69. The molecule has 0 aliphatic carbocycles. The van der Waals surface area contributed by atoms with Crippen LogP contribution in [0.1, 0.15) is 0 Å². The lowest BCUT2D eigenvalue weighted by Crippen LogP contribution is -1.93. The molecule has 0 fully saturated rings. The second-order valence-corrected chi connectivity index (χ2v) is 2.07. The second-order valence-electron chi connectivity index (χ2n) is 2.07. The van der Waals surface area contributed by atoms with E-state index in [0.29, 0.717) is 5.65 Å². The van der Waals surface area contributed by atoms with Crippen LogP contribution in [0.2, 0.25) is 0 Å². The Bertz CT molecular complexity index is 371. The smallest absolute Gasteiger partial charge is 0.182 e. The molecule has 0 aromatic carbocycles. The number of nitrogens with zero attached hydrogens (tertiary/aromatic N) is 3. The summed E-state index contributed by atoms with van der Waals surface area (Å²) < 4.78 is 0. The number of hydrogen-bond donors (Lipinski definition) is 2. The van der Waals surface area contributed by atoms with Crippen LogP contribution in [0.4, 0.5) is 5.82 Å². The highest BCUT2D eigenvalue weighted by Gasteiger charge is 2.01. The van der Waals surface area contributed by atoms with Gasteiger partial charge in [-0.05, 0) is 0 Å². The Kier molecular flexibility index (Phi) is 2.20. The lowest BCUT2D eigenvalue weighted by atomic mass is 10.5. The van der Waals surface area contributed by atoms with E-state index in [0.717, 1.165) is 11.3 Å². The van der Waals surface area contributed by atoms with Gasteiger partial charge in [0.15, 0.2) is 11.5 Å². The minimum absolute atomic E-state index is 0. The molecule has 0 saturated heterocycles. The van der Waals surface area contributed by atoms with E-state index >= 15 is 0 Å². The highest BCUT2D eigenvalue weighted by atomic mass is 16.0. The maximum absolute atomic E-state index is 4.00. The van der Waals surface area contributed by atoms with Gasteiger partial charge < -0.3 is 15.8 Å². The van der Waals surface area contributed by atoms with E-state index in [1.807, 2.05) is 7.05 Å². The number of fused-ring (bicyclic) bond motifs is 1. The molecule has 6 nitrogen and oxygen atoms in total. The molecule has 0 radical (unpaired) electrons. The quantitative estimate of drug-likeness (QED) is 0.602. The molecule has 0 unspecified atom stereocenters. The molecule has 0 saturated carbocycles. The molecule has 0 amide bonds. The summed E-state index contributed by atoms with van der Waals surface area (Å²) in [4.78, 5) is 14.9. The van der Waals surface area contributed by atoms with Crippen molar-refractivity contribution in [2.75, 3.05) is 12.4 Å². The molecule has 0 atom stereocenters. The van der Waals surface area contributed by atoms with Crippen molar-refractivity contribution in [2.24, 2.45) is 0 Å². The van der Waals surface area contributed by atoms with Gasteiger partial charge in [-0.1, -0.05) is 0 Å². The number of hydrogen-bond acceptors (Lipinski definition) is 4. The number of nitrogens with one attached hydrogen (secondary N) is 2. The van der Waals surface area contributed by atoms with Crippen LogP contribution in [0.15, 0.2) is 12.7 Å². The first-order valence-electron chi connectivity index (χ1n) is 3.23. The van der Waals surface area contributed by atoms with Crippen molar-refractivity contribution in [2.45, 2.75) is 0 Å². The average molecular weight is 167 g/mol. The van der Waals surface area contributed by atoms with Gasteiger partial charge in [0.05, 0.1) is 6.33 Å². The predicted molar refractivity (Wildman–Crippen MR) is 44.8 cm³/mol. The minimum atomic E-state index is 0. The standard InChI is InChI=1S/C6H7N5.H2O/c1-7-5-4-6(10-2-8-4)11-3-9-5;/h2-3H,1H3,(H2,7,8,9,10,11);1H2. The molecule has 12 heavy (non-hydrogen) atoms. The first-order valence-corrected chi connectivity index (χ1v) is 3.23. The SMILES string of the molecule is CNc1ncnc2nc[nH]c12.O. The molecule has 2 heterocycles. The summed E-state index contributed by atoms with van der Waals surface area (Å²) in [6.45, 7) is 0. The fraction of sp³-hybridized carbons (Fsp3) is 0.167. The van der Waals surface area contributed by atoms with E-state index in [1.54, 1.807) is 6.33 Å². The summed E-state index contributed by atoms with van der Waals surface area (Å²) in [6.07, 6.45) is 3.08. The van der Waals surface area contributed by atoms with Crippen LogP contribution in [0.5, 0.6) is 0 Å². The second kappa shape index (κ2) is 3.14. The lowest BCUT2D eigenvalue weighted by molar-refractivity contribution is 0.824. The van der Waals surface area contributed by atoms with Crippen molar-refractivity contribution in [1.29, 1.82) is 0 Å². The zero-order chi connectivity index (χ0) is 7.68. The maximum Gasteiger partial charge on any atom is 0.182 e. The third kappa shape index (κ3) is 1.08. The Morgan fingerprint density at radius 2 is 2.17 bits per heavy atom. The van der Waals surface area contributed by atoms with Gasteiger partial charge in [-0.2, -0.15) is 0 Å². The van der Waals surface area contributed by atoms with Gasteiger partial charge in [0.2, 0.25) is 0 Å². The Balaban J connectivity index is 0.000000720. The van der Waals surface area contributed by atoms with Crippen LogP contribution < -0.4 is 5.32 Å². The average Bonchev–Trinajstić information content (AvgIpc) is 2.50. The summed E-state index contributed by atoms with van der Waals surface area (Å²) >= 11 is 0. The van der Waals surface area contributed by atoms with Gasteiger partial charge >= 0.3 is 0 Å². The number of aromatic nitrogens is 4. The normalized spacial score (nSPS) is 9.42. The molecule has 0 aliphatic rings. The third-order valence-corrected chi connectivity index (χ3v) is 1.46. The van der Waals surface area contributed by atoms with Crippen LogP contribution in [-0.4, -0.2) is 32.5 Å². The van der Waals surface area contributed by atoms with Crippen molar-refractivity contribution < 1.29 is 5.48 Å². The fourth-order valence-corrected chi connectivity index (χ4v) is 0.955. The Labute approximate surface area is 68.4 Å². The minimum Gasteiger partial charge on any atom is -0.412 e. The van der Waals surface area contributed by atoms with Crippen LogP contribution >= 0.6 is 0 Å². The molecular formula is C6H9N5O. The first kappa shape index (κ1) is 8.41. The van der Waals surface area contributed by atoms with Gasteiger partial charge in [0.1, 0.15) is 11.8 Å². The predicted octanol–water partition coefficient (Wildman–Crippen LogP) is -0.430. The zero-order valence-electron chi connectivity index (χ0n) is 6.50. The third-order valence-electron chi connectivity index (χ3n) is 1.46. The van der Waals surface area contributed by atoms with E-state index in [1.165, 1.54) is 6.33 Å². The van der Waals surface area contributed by atoms with Gasteiger partial charge in [-0.15, -0.1) is 0 Å². The number of H-pyrrole nitrogens is 1. The molecule has 0 bridgehead atoms. The fourth-order valence-electron chi connectivity index (χ4n) is 0.955. The number of imidazole rings is 1. The molecular weight excluding hydrogens is 158 g/mol. The largest absolute Gasteiger partial charge is 0.412 e. The number of aromatic amines is 1. The van der Waals surface area contributed by atoms with Crippen LogP contribution in [0.25, 0.3) is 11.2 Å². The molecule has 4 N–H and O–H groups in total. The maximum atomic E-state index is 4.00. The summed E-state index contributed by atoms with van der Waals surface area (Å²) in [5, 5.41) is 2.93. The van der Waals surface area contributed by atoms with E-state index < -0.39 is 0 Å². The van der Waals surface area contributed by atoms with Crippen molar-refractivity contribution in [3.05, 3.63) is 12.7 Å². The van der Waals surface area contributed by atoms with E-state index in [2.05, 4.69) is 25.3 Å². The highest BCUT2D eigenvalue weighted by molar-refractivity contribution is 5.81. The summed E-state index contributed by atoms with van der Waals surface area (Å²) in [6, 6.07) is 0. The van der Waals surface area contributed by atoms with Crippen molar-refractivity contribution >= 4 is 17.0 Å². The van der Waals surface area contributed by atoms with E-state index in [4.69, 9.17) is 0 Å². The molecule has 2 aromatic rings. The van der Waals surface area contributed by atoms with E-state index in [-0.39, 0.29) is 5.48 Å². The molecule has 64 valence electrons. The Morgan fingerprint density at radius 1 is 1.33 bits per heavy atom. The van der Waals surface area contributed by atoms with Crippen LogP contribution in [-0.2, 0) is 0 Å². The summed E-state index contributed by atoms with van der Waals surface area (Å²) in [5.74, 6) is 0.771. The van der Waals surface area contributed by atoms with Crippen molar-refractivity contribution in [3.63, 3.8) is 0 Å². The summed E-state index contributed by atoms with van der Waals surface area (Å²) in [7, 11) is 1.81. The first-order chi connectivity index (χ1) is 5.42. The topological polar surface area (TPSA) is 98.0 Å². The number of rotatable bonds is 1. The van der Waals surface area contributed by atoms with Crippen molar-refractivity contribution in [1.82, 2.24) is 19.9 Å². The van der Waals surface area contributed by atoms with Gasteiger partial charge in [0.25, 0.3) is 0 Å². The van der Waals surface area contributed by atoms with Gasteiger partial charge in [0, 0.05) is 7.05 Å². The van der Waals surface area contributed by atoms with Crippen LogP contribution in [0, 0.1) is 0 Å². The van der Waals surface area contributed by atoms with E-state index in [9.17, 15) is 0 Å². The monoisotopic (exact) mass is 167 g/mol. The summed E-state index contributed by atoms with van der Waals surface area (Å²) in [5.41, 5.74) is 1.53. The molecule has 0 spiro atoms. The van der Waals surface area contributed by atoms with Gasteiger partial charge in [-0.3, -0.25) is 0 Å². The highest BCUT2D eigenvalue weighted by Crippen LogP contribution is 2.12. The van der Waals surface area contributed by atoms with Crippen molar-refractivity contribution in [3.8, 4) is 0 Å². The molecule has 6 heteroatoms. The lowest BCUT2D eigenvalue weighted by Gasteiger charge is -1.96. The zero-order valence-corrected chi connectivity index (χ0v) is 6.50. The molecule has 0 aliphatic heterocycles. The van der Waals surface area contributed by atoms with Crippen LogP contribution in [0.3, 0.4) is 0 Å². The molecule has 2 aromatic heterocycles. The number of anilines is 1. The van der Waals surface area contributed by atoms with Gasteiger partial charge in [-0.25, -0.2) is 15.0 Å². The molecule has 2 rings (SSSR count).